The van der Waals surface area contributed by atoms with E-state index in [2.05, 4.69) is 42.5 Å². The lowest BCUT2D eigenvalue weighted by atomic mass is 9.87. The Morgan fingerprint density at radius 2 is 1.31 bits per heavy atom. The van der Waals surface area contributed by atoms with Crippen molar-refractivity contribution in [2.75, 3.05) is 27.4 Å². The van der Waals surface area contributed by atoms with Gasteiger partial charge in [0.2, 0.25) is 0 Å². The minimum absolute atomic E-state index is 0.0337. The Labute approximate surface area is 261 Å². The third-order valence-corrected chi connectivity index (χ3v) is 8.91. The van der Waals surface area contributed by atoms with E-state index in [1.165, 1.54) is 5.39 Å². The summed E-state index contributed by atoms with van der Waals surface area (Å²) in [7, 11) is 3.25. The number of benzene rings is 6. The molecule has 4 atom stereocenters. The zero-order valence-corrected chi connectivity index (χ0v) is 25.3. The molecular formula is C38H36O7. The standard InChI is InChI=1S/C38H36O7/c1-41-29-14-6-24(7-15-29)20-43-22-38(40)23-45-36(37(38)44-21-25-8-16-30(42-2)17-9-25)35(39)32-19-13-28-11-10-26-4-3-5-27-12-18-31(32)34(28)33(26)27/h3-19,35-37,39-40H,20-23H2,1-2H3/t35-,36-,37+,38+/m0/s1. The molecule has 0 saturated carbocycles. The first-order chi connectivity index (χ1) is 22.0. The van der Waals surface area contributed by atoms with Crippen LogP contribution in [0, 0.1) is 0 Å². The van der Waals surface area contributed by atoms with Crippen molar-refractivity contribution in [1.29, 1.82) is 0 Å². The van der Waals surface area contributed by atoms with E-state index in [4.69, 9.17) is 23.7 Å². The highest BCUT2D eigenvalue weighted by Gasteiger charge is 2.53. The van der Waals surface area contributed by atoms with Crippen molar-refractivity contribution in [3.8, 4) is 11.5 Å². The molecule has 1 aliphatic heterocycles. The van der Waals surface area contributed by atoms with Gasteiger partial charge in [-0.1, -0.05) is 78.9 Å². The van der Waals surface area contributed by atoms with Gasteiger partial charge in [-0.25, -0.2) is 0 Å². The third kappa shape index (κ3) is 5.58. The molecule has 1 saturated heterocycles. The van der Waals surface area contributed by atoms with Crippen LogP contribution in [0.25, 0.3) is 32.3 Å². The number of ether oxygens (including phenoxy) is 5. The molecule has 45 heavy (non-hydrogen) atoms. The maximum atomic E-state index is 12.0. The summed E-state index contributed by atoms with van der Waals surface area (Å²) in [6.07, 6.45) is -2.77. The van der Waals surface area contributed by atoms with Crippen molar-refractivity contribution in [3.05, 3.63) is 120 Å². The highest BCUT2D eigenvalue weighted by molar-refractivity contribution is 6.23. The van der Waals surface area contributed by atoms with Crippen molar-refractivity contribution in [2.24, 2.45) is 0 Å². The molecule has 0 radical (unpaired) electrons. The van der Waals surface area contributed by atoms with Gasteiger partial charge in [-0.05, 0) is 73.3 Å². The molecule has 1 aliphatic rings. The van der Waals surface area contributed by atoms with Crippen LogP contribution in [0.15, 0.2) is 103 Å². The molecule has 0 unspecified atom stereocenters. The van der Waals surface area contributed by atoms with Gasteiger partial charge in [0.1, 0.15) is 35.4 Å². The number of methoxy groups -OCH3 is 2. The molecule has 7 rings (SSSR count). The van der Waals surface area contributed by atoms with Crippen molar-refractivity contribution >= 4 is 32.3 Å². The Bertz CT molecular complexity index is 1890. The average molecular weight is 605 g/mol. The molecule has 0 amide bonds. The van der Waals surface area contributed by atoms with Crippen LogP contribution < -0.4 is 9.47 Å². The van der Waals surface area contributed by atoms with Crippen LogP contribution in [-0.2, 0) is 27.4 Å². The van der Waals surface area contributed by atoms with Crippen LogP contribution in [0.3, 0.4) is 0 Å². The molecule has 0 aromatic heterocycles. The van der Waals surface area contributed by atoms with Crippen LogP contribution in [0.1, 0.15) is 22.8 Å². The van der Waals surface area contributed by atoms with Gasteiger partial charge < -0.3 is 33.9 Å². The van der Waals surface area contributed by atoms with Gasteiger partial charge in [-0.15, -0.1) is 0 Å². The number of aliphatic hydroxyl groups excluding tert-OH is 1. The van der Waals surface area contributed by atoms with Crippen LogP contribution >= 0.6 is 0 Å². The van der Waals surface area contributed by atoms with Gasteiger partial charge in [0.05, 0.1) is 40.6 Å². The van der Waals surface area contributed by atoms with E-state index in [1.54, 1.807) is 14.2 Å². The Morgan fingerprint density at radius 1 is 0.733 bits per heavy atom. The lowest BCUT2D eigenvalue weighted by Crippen LogP contribution is -2.50. The molecule has 6 aromatic carbocycles. The lowest BCUT2D eigenvalue weighted by molar-refractivity contribution is -0.141. The average Bonchev–Trinajstić information content (AvgIpc) is 3.41. The molecule has 0 aliphatic carbocycles. The van der Waals surface area contributed by atoms with E-state index >= 15 is 0 Å². The quantitative estimate of drug-likeness (QED) is 0.162. The second-order valence-corrected chi connectivity index (χ2v) is 11.8. The largest absolute Gasteiger partial charge is 0.497 e. The fourth-order valence-corrected chi connectivity index (χ4v) is 6.51. The van der Waals surface area contributed by atoms with Gasteiger partial charge >= 0.3 is 0 Å². The van der Waals surface area contributed by atoms with E-state index in [0.717, 1.165) is 55.1 Å². The normalized spacial score (nSPS) is 20.7. The van der Waals surface area contributed by atoms with Crippen molar-refractivity contribution in [1.82, 2.24) is 0 Å². The SMILES string of the molecule is COc1ccc(COC[C@@]2(O)CO[C@@H]([C@@H](O)c3ccc4ccc5cccc6ccc3c4c56)[C@H]2OCc2ccc(OC)cc2)cc1. The lowest BCUT2D eigenvalue weighted by Gasteiger charge is -2.32. The van der Waals surface area contributed by atoms with Crippen LogP contribution in [0.5, 0.6) is 11.5 Å². The highest BCUT2D eigenvalue weighted by Crippen LogP contribution is 2.42. The molecule has 7 heteroatoms. The first-order valence-electron chi connectivity index (χ1n) is 15.1. The summed E-state index contributed by atoms with van der Waals surface area (Å²) < 4.78 is 29.2. The Balaban J connectivity index is 1.18. The van der Waals surface area contributed by atoms with Gasteiger partial charge in [0.15, 0.2) is 0 Å². The number of hydrogen-bond donors (Lipinski definition) is 2. The Morgan fingerprint density at radius 3 is 1.96 bits per heavy atom. The summed E-state index contributed by atoms with van der Waals surface area (Å²) in [5.74, 6) is 1.51. The van der Waals surface area contributed by atoms with Crippen LogP contribution in [-0.4, -0.2) is 55.5 Å². The van der Waals surface area contributed by atoms with Gasteiger partial charge in [0.25, 0.3) is 0 Å². The molecule has 6 aromatic rings. The second-order valence-electron chi connectivity index (χ2n) is 11.8. The summed E-state index contributed by atoms with van der Waals surface area (Å²) in [6.45, 7) is 0.421. The van der Waals surface area contributed by atoms with Crippen molar-refractivity contribution in [3.63, 3.8) is 0 Å². The van der Waals surface area contributed by atoms with Gasteiger partial charge in [-0.2, -0.15) is 0 Å². The van der Waals surface area contributed by atoms with Crippen LogP contribution in [0.4, 0.5) is 0 Å². The predicted octanol–water partition coefficient (Wildman–Crippen LogP) is 6.57. The van der Waals surface area contributed by atoms with E-state index in [9.17, 15) is 10.2 Å². The van der Waals surface area contributed by atoms with E-state index < -0.39 is 23.9 Å². The third-order valence-electron chi connectivity index (χ3n) is 8.91. The van der Waals surface area contributed by atoms with E-state index in [1.807, 2.05) is 60.7 Å². The molecular weight excluding hydrogens is 568 g/mol. The van der Waals surface area contributed by atoms with Gasteiger partial charge in [0, 0.05) is 0 Å². The van der Waals surface area contributed by atoms with E-state index in [0.29, 0.717) is 6.61 Å². The minimum Gasteiger partial charge on any atom is -0.497 e. The summed E-state index contributed by atoms with van der Waals surface area (Å²) in [5.41, 5.74) is 1.08. The fourth-order valence-electron chi connectivity index (χ4n) is 6.51. The molecule has 1 heterocycles. The smallest absolute Gasteiger partial charge is 0.140 e. The number of rotatable bonds is 11. The molecule has 7 nitrogen and oxygen atoms in total. The first kappa shape index (κ1) is 29.5. The topological polar surface area (TPSA) is 86.6 Å². The maximum absolute atomic E-state index is 12.0. The zero-order valence-electron chi connectivity index (χ0n) is 25.3. The zero-order chi connectivity index (χ0) is 31.0. The summed E-state index contributed by atoms with van der Waals surface area (Å²) in [4.78, 5) is 0. The number of aliphatic hydroxyl groups is 2. The minimum atomic E-state index is -1.49. The Hall–Kier alpha value is -4.24. The highest BCUT2D eigenvalue weighted by atomic mass is 16.6. The predicted molar refractivity (Wildman–Crippen MR) is 174 cm³/mol. The van der Waals surface area contributed by atoms with E-state index in [-0.39, 0.29) is 19.8 Å². The monoisotopic (exact) mass is 604 g/mol. The summed E-state index contributed by atoms with van der Waals surface area (Å²) in [6, 6.07) is 33.8. The molecule has 230 valence electrons. The first-order valence-corrected chi connectivity index (χ1v) is 15.1. The maximum Gasteiger partial charge on any atom is 0.140 e. The molecule has 1 fully saturated rings. The second kappa shape index (κ2) is 12.3. The van der Waals surface area contributed by atoms with Crippen LogP contribution in [0.2, 0.25) is 0 Å². The Kier molecular flexibility index (Phi) is 8.04. The molecule has 2 N–H and O–H groups in total. The molecule has 0 bridgehead atoms. The van der Waals surface area contributed by atoms with Crippen molar-refractivity contribution in [2.45, 2.75) is 37.1 Å². The summed E-state index contributed by atoms with van der Waals surface area (Å²) in [5, 5.41) is 30.6. The fraction of sp³-hybridized carbons (Fsp3) is 0.263. The summed E-state index contributed by atoms with van der Waals surface area (Å²) >= 11 is 0. The van der Waals surface area contributed by atoms with Crippen molar-refractivity contribution < 1.29 is 33.9 Å². The van der Waals surface area contributed by atoms with Gasteiger partial charge in [-0.3, -0.25) is 0 Å². The number of hydrogen-bond acceptors (Lipinski definition) is 7. The molecule has 0 spiro atoms.